The third-order valence-electron chi connectivity index (χ3n) is 6.10. The number of nitrogens with zero attached hydrogens (tertiary/aromatic N) is 2. The van der Waals surface area contributed by atoms with Crippen LogP contribution in [0.1, 0.15) is 42.4 Å². The molecular weight excluding hydrogens is 339 g/mol. The number of halogens is 1. The van der Waals surface area contributed by atoms with Crippen molar-refractivity contribution < 1.29 is 9.18 Å². The fourth-order valence-electron chi connectivity index (χ4n) is 4.73. The van der Waals surface area contributed by atoms with Crippen LogP contribution < -0.4 is 0 Å². The molecule has 0 aromatic heterocycles. The van der Waals surface area contributed by atoms with Gasteiger partial charge in [0.2, 0.25) is 0 Å². The molecule has 0 radical (unpaired) electrons. The first-order chi connectivity index (χ1) is 13.1. The quantitative estimate of drug-likeness (QED) is 0.799. The van der Waals surface area contributed by atoms with Crippen LogP contribution in [0.25, 0.3) is 0 Å². The van der Waals surface area contributed by atoms with Crippen LogP contribution >= 0.6 is 0 Å². The van der Waals surface area contributed by atoms with Gasteiger partial charge in [-0.1, -0.05) is 36.4 Å². The lowest BCUT2D eigenvalue weighted by atomic mass is 9.84. The summed E-state index contributed by atoms with van der Waals surface area (Å²) in [4.78, 5) is 15.4. The van der Waals surface area contributed by atoms with Gasteiger partial charge in [0.25, 0.3) is 0 Å². The summed E-state index contributed by atoms with van der Waals surface area (Å²) >= 11 is 0. The summed E-state index contributed by atoms with van der Waals surface area (Å²) in [5.41, 5.74) is 2.24. The lowest BCUT2D eigenvalue weighted by Crippen LogP contribution is -2.44. The number of carbonyl (C=O) groups excluding carboxylic acids is 1. The van der Waals surface area contributed by atoms with Crippen LogP contribution in [-0.4, -0.2) is 22.8 Å². The van der Waals surface area contributed by atoms with E-state index in [-0.39, 0.29) is 23.7 Å². The van der Waals surface area contributed by atoms with Gasteiger partial charge in [-0.05, 0) is 48.9 Å². The Labute approximate surface area is 159 Å². The first-order valence-electron chi connectivity index (χ1n) is 9.65. The average Bonchev–Trinajstić information content (AvgIpc) is 2.91. The molecule has 0 aliphatic carbocycles. The first-order valence-corrected chi connectivity index (χ1v) is 9.65. The van der Waals surface area contributed by atoms with Crippen LogP contribution in [0, 0.1) is 23.1 Å². The molecule has 2 saturated heterocycles. The summed E-state index contributed by atoms with van der Waals surface area (Å²) in [6.07, 6.45) is 4.32. The minimum Gasteiger partial charge on any atom is -0.299 e. The van der Waals surface area contributed by atoms with Crippen LogP contribution in [0.3, 0.4) is 0 Å². The van der Waals surface area contributed by atoms with Gasteiger partial charge in [-0.25, -0.2) is 4.39 Å². The molecule has 2 aliphatic heterocycles. The van der Waals surface area contributed by atoms with Gasteiger partial charge in [-0.15, -0.1) is 0 Å². The molecule has 0 spiro atoms. The van der Waals surface area contributed by atoms with Gasteiger partial charge in [0.05, 0.1) is 11.6 Å². The predicted octanol–water partition coefficient (Wildman–Crippen LogP) is 4.25. The molecule has 4 heteroatoms. The highest BCUT2D eigenvalue weighted by Gasteiger charge is 2.42. The number of ketones is 1. The second-order valence-electron chi connectivity index (χ2n) is 7.77. The molecule has 2 fully saturated rings. The van der Waals surface area contributed by atoms with E-state index in [1.54, 1.807) is 6.07 Å². The van der Waals surface area contributed by atoms with Crippen LogP contribution in [0.4, 0.5) is 4.39 Å². The molecule has 2 unspecified atom stereocenters. The van der Waals surface area contributed by atoms with E-state index in [9.17, 15) is 14.4 Å². The zero-order valence-electron chi connectivity index (χ0n) is 15.3. The Hall–Kier alpha value is -2.51. The Bertz CT molecular complexity index is 860. The molecule has 2 aromatic rings. The van der Waals surface area contributed by atoms with E-state index >= 15 is 0 Å². The Morgan fingerprint density at radius 1 is 1.11 bits per heavy atom. The summed E-state index contributed by atoms with van der Waals surface area (Å²) < 4.78 is 13.3. The van der Waals surface area contributed by atoms with E-state index in [4.69, 9.17) is 0 Å². The Balaban J connectivity index is 1.42. The third kappa shape index (κ3) is 3.79. The Kier molecular flexibility index (Phi) is 5.05. The molecule has 0 N–H and O–H groups in total. The molecule has 2 aromatic carbocycles. The molecule has 2 heterocycles. The highest BCUT2D eigenvalue weighted by Crippen LogP contribution is 2.40. The van der Waals surface area contributed by atoms with Gasteiger partial charge < -0.3 is 0 Å². The van der Waals surface area contributed by atoms with E-state index < -0.39 is 5.82 Å². The van der Waals surface area contributed by atoms with E-state index in [0.717, 1.165) is 32.2 Å². The fourth-order valence-corrected chi connectivity index (χ4v) is 4.73. The minimum atomic E-state index is -0.435. The molecule has 2 atom stereocenters. The second kappa shape index (κ2) is 7.62. The summed E-state index contributed by atoms with van der Waals surface area (Å²) in [6.45, 7) is 0.952. The van der Waals surface area contributed by atoms with Gasteiger partial charge in [0.1, 0.15) is 11.6 Å². The number of fused-ring (bicyclic) bond motifs is 2. The molecule has 138 valence electrons. The van der Waals surface area contributed by atoms with E-state index in [1.807, 2.05) is 12.1 Å². The lowest BCUT2D eigenvalue weighted by Gasteiger charge is -2.38. The second-order valence-corrected chi connectivity index (χ2v) is 7.77. The molecule has 2 aliphatic rings. The van der Waals surface area contributed by atoms with Gasteiger partial charge in [-0.2, -0.15) is 5.26 Å². The van der Waals surface area contributed by atoms with Crippen LogP contribution in [0.15, 0.2) is 48.5 Å². The molecule has 3 nitrogen and oxygen atoms in total. The van der Waals surface area contributed by atoms with Crippen LogP contribution in [0.5, 0.6) is 0 Å². The SMILES string of the molecule is N#Cc1cc(F)ccc1CC(=O)C1CC2CCC(C1)N2Cc1ccccc1. The standard InChI is InChI=1S/C23H23FN2O/c24-20-7-6-17(19(10-20)14-25)13-23(27)18-11-21-8-9-22(12-18)26(21)15-16-4-2-1-3-5-16/h1-7,10,18,21-22H,8-9,11-13,15H2. The maximum Gasteiger partial charge on any atom is 0.140 e. The van der Waals surface area contributed by atoms with Crippen LogP contribution in [-0.2, 0) is 17.8 Å². The topological polar surface area (TPSA) is 44.1 Å². The minimum absolute atomic E-state index is 0.0473. The van der Waals surface area contributed by atoms with Crippen molar-refractivity contribution in [2.45, 2.75) is 50.7 Å². The predicted molar refractivity (Wildman–Crippen MR) is 101 cm³/mol. The van der Waals surface area contributed by atoms with Crippen molar-refractivity contribution in [3.8, 4) is 6.07 Å². The zero-order chi connectivity index (χ0) is 18.8. The van der Waals surface area contributed by atoms with Crippen molar-refractivity contribution in [1.82, 2.24) is 4.90 Å². The average molecular weight is 362 g/mol. The van der Waals surface area contributed by atoms with Crippen molar-refractivity contribution in [2.24, 2.45) is 5.92 Å². The van der Waals surface area contributed by atoms with Crippen molar-refractivity contribution in [3.63, 3.8) is 0 Å². The van der Waals surface area contributed by atoms with E-state index in [2.05, 4.69) is 29.2 Å². The van der Waals surface area contributed by atoms with Crippen LogP contribution in [0.2, 0.25) is 0 Å². The summed E-state index contributed by atoms with van der Waals surface area (Å²) in [7, 11) is 0. The van der Waals surface area contributed by atoms with Gasteiger partial charge in [0, 0.05) is 31.0 Å². The highest BCUT2D eigenvalue weighted by atomic mass is 19.1. The normalized spacial score (nSPS) is 24.5. The number of carbonyl (C=O) groups is 1. The van der Waals surface area contributed by atoms with Gasteiger partial charge in [0.15, 0.2) is 0 Å². The maximum atomic E-state index is 13.3. The van der Waals surface area contributed by atoms with Crippen molar-refractivity contribution in [3.05, 3.63) is 71.0 Å². The van der Waals surface area contributed by atoms with Gasteiger partial charge >= 0.3 is 0 Å². The zero-order valence-corrected chi connectivity index (χ0v) is 15.3. The summed E-state index contributed by atoms with van der Waals surface area (Å²) in [5, 5.41) is 9.20. The van der Waals surface area contributed by atoms with Crippen molar-refractivity contribution >= 4 is 5.78 Å². The first kappa shape index (κ1) is 17.9. The molecular formula is C23H23FN2O. The monoisotopic (exact) mass is 362 g/mol. The maximum absolute atomic E-state index is 13.3. The number of nitriles is 1. The fraction of sp³-hybridized carbons (Fsp3) is 0.391. The number of hydrogen-bond acceptors (Lipinski definition) is 3. The number of rotatable bonds is 5. The Morgan fingerprint density at radius 3 is 2.48 bits per heavy atom. The highest BCUT2D eigenvalue weighted by molar-refractivity contribution is 5.84. The van der Waals surface area contributed by atoms with Crippen molar-refractivity contribution in [2.75, 3.05) is 0 Å². The summed E-state index contributed by atoms with van der Waals surface area (Å²) in [6, 6.07) is 17.6. The molecule has 27 heavy (non-hydrogen) atoms. The van der Waals surface area contributed by atoms with E-state index in [1.165, 1.54) is 17.7 Å². The number of piperidine rings is 1. The lowest BCUT2D eigenvalue weighted by molar-refractivity contribution is -0.124. The number of hydrogen-bond donors (Lipinski definition) is 0. The number of Topliss-reactive ketones (excluding diaryl/α,β-unsaturated/α-hetero) is 1. The largest absolute Gasteiger partial charge is 0.299 e. The Morgan fingerprint density at radius 2 is 1.81 bits per heavy atom. The third-order valence-corrected chi connectivity index (χ3v) is 6.10. The smallest absolute Gasteiger partial charge is 0.140 e. The summed E-state index contributed by atoms with van der Waals surface area (Å²) in [5.74, 6) is -0.199. The molecule has 4 rings (SSSR count). The number of benzene rings is 2. The van der Waals surface area contributed by atoms with Crippen molar-refractivity contribution in [1.29, 1.82) is 5.26 Å². The molecule has 0 amide bonds. The molecule has 2 bridgehead atoms. The van der Waals surface area contributed by atoms with Gasteiger partial charge in [-0.3, -0.25) is 9.69 Å². The molecule has 0 saturated carbocycles. The van der Waals surface area contributed by atoms with E-state index in [0.29, 0.717) is 17.6 Å².